The first-order valence-electron chi connectivity index (χ1n) is 7.92. The minimum atomic E-state index is -3.30. The Kier molecular flexibility index (Phi) is 7.88. The number of sulfonamides is 1. The fourth-order valence-electron chi connectivity index (χ4n) is 2.09. The van der Waals surface area contributed by atoms with Gasteiger partial charge in [-0.15, -0.1) is 0 Å². The normalized spacial score (nSPS) is 12.1. The molecule has 0 aliphatic heterocycles. The number of anilines is 1. The average molecular weight is 340 g/mol. The van der Waals surface area contributed by atoms with Gasteiger partial charge in [0.1, 0.15) is 0 Å². The van der Waals surface area contributed by atoms with Crippen LogP contribution in [0.15, 0.2) is 29.3 Å². The predicted molar refractivity (Wildman–Crippen MR) is 97.3 cm³/mol. The highest BCUT2D eigenvalue weighted by Crippen LogP contribution is 2.17. The molecule has 0 aliphatic rings. The number of hydrogen-bond donors (Lipinski definition) is 2. The Hall–Kier alpha value is -1.76. The van der Waals surface area contributed by atoms with Crippen LogP contribution in [-0.2, 0) is 16.6 Å². The summed E-state index contributed by atoms with van der Waals surface area (Å²) in [6.45, 7) is 6.33. The predicted octanol–water partition coefficient (Wildman–Crippen LogP) is 2.26. The fourth-order valence-corrected chi connectivity index (χ4v) is 2.69. The van der Waals surface area contributed by atoms with Crippen molar-refractivity contribution < 1.29 is 8.42 Å². The number of hydrogen-bond acceptors (Lipinski definition) is 3. The summed E-state index contributed by atoms with van der Waals surface area (Å²) in [6.07, 6.45) is 3.38. The molecule has 0 saturated heterocycles. The van der Waals surface area contributed by atoms with Gasteiger partial charge in [0.25, 0.3) is 0 Å². The topological polar surface area (TPSA) is 73.8 Å². The summed E-state index contributed by atoms with van der Waals surface area (Å²) in [5.74, 6) is 0.829. The molecule has 1 aromatic carbocycles. The average Bonchev–Trinajstić information content (AvgIpc) is 2.48. The molecule has 0 radical (unpaired) electrons. The Bertz CT molecular complexity index is 614. The zero-order valence-electron chi connectivity index (χ0n) is 14.5. The van der Waals surface area contributed by atoms with Crippen LogP contribution in [0.25, 0.3) is 0 Å². The van der Waals surface area contributed by atoms with E-state index in [1.807, 2.05) is 26.1 Å². The van der Waals surface area contributed by atoms with Crippen LogP contribution in [0.3, 0.4) is 0 Å². The molecular formula is C16H28N4O2S. The van der Waals surface area contributed by atoms with Crippen molar-refractivity contribution >= 4 is 21.7 Å². The van der Waals surface area contributed by atoms with Gasteiger partial charge in [-0.2, -0.15) is 0 Å². The first-order chi connectivity index (χ1) is 10.9. The van der Waals surface area contributed by atoms with Gasteiger partial charge in [0.05, 0.1) is 18.5 Å². The van der Waals surface area contributed by atoms with Crippen LogP contribution in [0.5, 0.6) is 0 Å². The van der Waals surface area contributed by atoms with E-state index in [-0.39, 0.29) is 0 Å². The lowest BCUT2D eigenvalue weighted by Crippen LogP contribution is -2.39. The van der Waals surface area contributed by atoms with E-state index in [1.54, 1.807) is 12.1 Å². The summed E-state index contributed by atoms with van der Waals surface area (Å²) < 4.78 is 25.4. The van der Waals surface area contributed by atoms with Crippen molar-refractivity contribution in [1.82, 2.24) is 10.2 Å². The molecule has 0 amide bonds. The molecule has 23 heavy (non-hydrogen) atoms. The smallest absolute Gasteiger partial charge is 0.229 e. The molecule has 0 spiro atoms. The van der Waals surface area contributed by atoms with E-state index >= 15 is 0 Å². The Morgan fingerprint density at radius 1 is 1.26 bits per heavy atom. The highest BCUT2D eigenvalue weighted by atomic mass is 32.2. The van der Waals surface area contributed by atoms with Crippen LogP contribution >= 0.6 is 0 Å². The second-order valence-electron chi connectivity index (χ2n) is 5.48. The van der Waals surface area contributed by atoms with E-state index in [0.717, 1.165) is 43.7 Å². The summed E-state index contributed by atoms with van der Waals surface area (Å²) in [7, 11) is -1.29. The molecule has 2 N–H and O–H groups in total. The quantitative estimate of drug-likeness (QED) is 0.562. The van der Waals surface area contributed by atoms with Crippen LogP contribution in [0.4, 0.5) is 5.69 Å². The third-order valence-electron chi connectivity index (χ3n) is 3.26. The third kappa shape index (κ3) is 7.36. The second-order valence-corrected chi connectivity index (χ2v) is 7.23. The molecule has 0 heterocycles. The van der Waals surface area contributed by atoms with Gasteiger partial charge in [0.15, 0.2) is 5.96 Å². The minimum absolute atomic E-state index is 0.414. The monoisotopic (exact) mass is 340 g/mol. The van der Waals surface area contributed by atoms with Gasteiger partial charge >= 0.3 is 0 Å². The molecular weight excluding hydrogens is 312 g/mol. The highest BCUT2D eigenvalue weighted by Gasteiger charge is 2.08. The molecule has 6 nitrogen and oxygen atoms in total. The fraction of sp³-hybridized carbons (Fsp3) is 0.562. The standard InChI is InChI=1S/C16H28N4O2S/c1-5-7-12-20(3)16(17-6-2)18-13-14-10-8-9-11-15(14)19-23(4,21)22/h8-11,19H,5-7,12-13H2,1-4H3,(H,17,18). The number of nitrogens with zero attached hydrogens (tertiary/aromatic N) is 2. The van der Waals surface area contributed by atoms with Crippen LogP contribution in [-0.4, -0.2) is 45.7 Å². The van der Waals surface area contributed by atoms with E-state index < -0.39 is 10.0 Å². The van der Waals surface area contributed by atoms with Crippen molar-refractivity contribution in [1.29, 1.82) is 0 Å². The third-order valence-corrected chi connectivity index (χ3v) is 3.85. The van der Waals surface area contributed by atoms with Crippen molar-refractivity contribution in [2.24, 2.45) is 4.99 Å². The number of guanidine groups is 1. The van der Waals surface area contributed by atoms with E-state index in [9.17, 15) is 8.42 Å². The summed E-state index contributed by atoms with van der Waals surface area (Å²) in [4.78, 5) is 6.72. The van der Waals surface area contributed by atoms with E-state index in [2.05, 4.69) is 26.9 Å². The van der Waals surface area contributed by atoms with Gasteiger partial charge in [-0.3, -0.25) is 4.72 Å². The lowest BCUT2D eigenvalue weighted by molar-refractivity contribution is 0.465. The highest BCUT2D eigenvalue weighted by molar-refractivity contribution is 7.92. The summed E-state index contributed by atoms with van der Waals surface area (Å²) >= 11 is 0. The van der Waals surface area contributed by atoms with Crippen molar-refractivity contribution in [3.8, 4) is 0 Å². The lowest BCUT2D eigenvalue weighted by atomic mass is 10.2. The number of aliphatic imine (C=N–C) groups is 1. The van der Waals surface area contributed by atoms with Crippen molar-refractivity contribution in [2.45, 2.75) is 33.2 Å². The summed E-state index contributed by atoms with van der Waals surface area (Å²) in [5, 5.41) is 3.27. The molecule has 1 aromatic rings. The van der Waals surface area contributed by atoms with Gasteiger partial charge in [0.2, 0.25) is 10.0 Å². The number of para-hydroxylation sites is 1. The molecule has 130 valence electrons. The molecule has 1 rings (SSSR count). The second kappa shape index (κ2) is 9.39. The molecule has 0 fully saturated rings. The SMILES string of the molecule is CCCCN(C)C(=NCc1ccccc1NS(C)(=O)=O)NCC. The van der Waals surface area contributed by atoms with Crippen molar-refractivity contribution in [2.75, 3.05) is 31.1 Å². The Balaban J connectivity index is 2.91. The largest absolute Gasteiger partial charge is 0.357 e. The summed E-state index contributed by atoms with van der Waals surface area (Å²) in [5.41, 5.74) is 1.42. The van der Waals surface area contributed by atoms with Crippen LogP contribution < -0.4 is 10.0 Å². The summed E-state index contributed by atoms with van der Waals surface area (Å²) in [6, 6.07) is 7.32. The molecule has 0 atom stereocenters. The molecule has 0 unspecified atom stereocenters. The minimum Gasteiger partial charge on any atom is -0.357 e. The molecule has 0 bridgehead atoms. The first kappa shape index (κ1) is 19.3. The maximum absolute atomic E-state index is 11.5. The van der Waals surface area contributed by atoms with Crippen LogP contribution in [0, 0.1) is 0 Å². The Morgan fingerprint density at radius 2 is 1.96 bits per heavy atom. The van der Waals surface area contributed by atoms with Crippen LogP contribution in [0.1, 0.15) is 32.3 Å². The maximum Gasteiger partial charge on any atom is 0.229 e. The molecule has 0 saturated carbocycles. The van der Waals surface area contributed by atoms with Crippen LogP contribution in [0.2, 0.25) is 0 Å². The van der Waals surface area contributed by atoms with Gasteiger partial charge in [-0.25, -0.2) is 13.4 Å². The first-order valence-corrected chi connectivity index (χ1v) is 9.81. The molecule has 0 aromatic heterocycles. The van der Waals surface area contributed by atoms with Gasteiger partial charge in [0, 0.05) is 20.1 Å². The van der Waals surface area contributed by atoms with E-state index in [4.69, 9.17) is 0 Å². The number of unbranched alkanes of at least 4 members (excludes halogenated alkanes) is 1. The zero-order valence-corrected chi connectivity index (χ0v) is 15.3. The molecule has 0 aliphatic carbocycles. The lowest BCUT2D eigenvalue weighted by Gasteiger charge is -2.22. The van der Waals surface area contributed by atoms with Gasteiger partial charge < -0.3 is 10.2 Å². The van der Waals surface area contributed by atoms with E-state index in [1.165, 1.54) is 0 Å². The Morgan fingerprint density at radius 3 is 2.57 bits per heavy atom. The number of rotatable bonds is 8. The zero-order chi connectivity index (χ0) is 17.3. The van der Waals surface area contributed by atoms with Gasteiger partial charge in [-0.05, 0) is 25.0 Å². The van der Waals surface area contributed by atoms with Gasteiger partial charge in [-0.1, -0.05) is 31.5 Å². The number of nitrogens with one attached hydrogen (secondary N) is 2. The van der Waals surface area contributed by atoms with Crippen molar-refractivity contribution in [3.63, 3.8) is 0 Å². The maximum atomic E-state index is 11.5. The van der Waals surface area contributed by atoms with Crippen molar-refractivity contribution in [3.05, 3.63) is 29.8 Å². The van der Waals surface area contributed by atoms with E-state index in [0.29, 0.717) is 12.2 Å². The molecule has 7 heteroatoms. The number of benzene rings is 1. The Labute approximate surface area is 140 Å².